The molecule has 1 aromatic heterocycles. The van der Waals surface area contributed by atoms with E-state index in [0.29, 0.717) is 17.4 Å². The van der Waals surface area contributed by atoms with E-state index in [-0.39, 0.29) is 12.1 Å². The molecule has 9 heteroatoms. The molecule has 0 bridgehead atoms. The fraction of sp³-hybridized carbons (Fsp3) is 0.444. The summed E-state index contributed by atoms with van der Waals surface area (Å²) in [5, 5.41) is 6.43. The van der Waals surface area contributed by atoms with Crippen LogP contribution in [0.25, 0.3) is 0 Å². The number of methoxy groups -OCH3 is 1. The van der Waals surface area contributed by atoms with Gasteiger partial charge in [0.05, 0.1) is 17.0 Å². The Morgan fingerprint density at radius 3 is 2.81 bits per heavy atom. The molecule has 1 aliphatic heterocycles. The second-order valence-corrected chi connectivity index (χ2v) is 8.59. The first-order chi connectivity index (χ1) is 12.9. The third kappa shape index (κ3) is 4.74. The van der Waals surface area contributed by atoms with Gasteiger partial charge in [0, 0.05) is 46.2 Å². The number of nitrogens with zero attached hydrogens (tertiary/aromatic N) is 3. The predicted molar refractivity (Wildman–Crippen MR) is 105 cm³/mol. The Balaban J connectivity index is 1.68. The highest BCUT2D eigenvalue weighted by Crippen LogP contribution is 2.21. The van der Waals surface area contributed by atoms with Crippen LogP contribution < -0.4 is 15.5 Å². The summed E-state index contributed by atoms with van der Waals surface area (Å²) in [6.45, 7) is 2.02. The monoisotopic (exact) mass is 391 g/mol. The number of nitrogens with one attached hydrogen (secondary N) is 2. The van der Waals surface area contributed by atoms with Crippen molar-refractivity contribution in [1.29, 1.82) is 0 Å². The Kier molecular flexibility index (Phi) is 5.93. The molecule has 0 saturated carbocycles. The third-order valence-corrected chi connectivity index (χ3v) is 5.76. The van der Waals surface area contributed by atoms with Gasteiger partial charge in [-0.25, -0.2) is 13.4 Å². The van der Waals surface area contributed by atoms with Crippen molar-refractivity contribution in [3.8, 4) is 0 Å². The van der Waals surface area contributed by atoms with Crippen LogP contribution in [0.2, 0.25) is 0 Å². The number of benzene rings is 1. The lowest BCUT2D eigenvalue weighted by atomic mass is 10.2. The molecule has 0 spiro atoms. The van der Waals surface area contributed by atoms with Crippen LogP contribution in [-0.2, 0) is 21.1 Å². The van der Waals surface area contributed by atoms with Crippen LogP contribution in [0, 0.1) is 0 Å². The molecule has 0 aliphatic carbocycles. The Bertz CT molecular complexity index is 890. The van der Waals surface area contributed by atoms with Crippen LogP contribution >= 0.6 is 0 Å². The molecule has 146 valence electrons. The quantitative estimate of drug-likeness (QED) is 0.719. The van der Waals surface area contributed by atoms with Crippen molar-refractivity contribution in [3.63, 3.8) is 0 Å². The van der Waals surface area contributed by atoms with Gasteiger partial charge in [0.2, 0.25) is 5.95 Å². The number of anilines is 2. The summed E-state index contributed by atoms with van der Waals surface area (Å²) >= 11 is 0. The van der Waals surface area contributed by atoms with E-state index in [1.165, 1.54) is 6.26 Å². The molecule has 0 radical (unpaired) electrons. The predicted octanol–water partition coefficient (Wildman–Crippen LogP) is 0.915. The molecular weight excluding hydrogens is 366 g/mol. The van der Waals surface area contributed by atoms with Crippen LogP contribution in [0.15, 0.2) is 41.4 Å². The van der Waals surface area contributed by atoms with Crippen LogP contribution in [0.5, 0.6) is 0 Å². The molecule has 1 fully saturated rings. The summed E-state index contributed by atoms with van der Waals surface area (Å²) in [5.74, 6) is 1.43. The first-order valence-electron chi connectivity index (χ1n) is 8.71. The van der Waals surface area contributed by atoms with Gasteiger partial charge in [0.25, 0.3) is 0 Å². The smallest absolute Gasteiger partial charge is 0.224 e. The number of aromatic nitrogens is 2. The highest BCUT2D eigenvalue weighted by molar-refractivity contribution is 7.90. The normalized spacial score (nSPS) is 20.0. The highest BCUT2D eigenvalue weighted by atomic mass is 32.2. The van der Waals surface area contributed by atoms with E-state index < -0.39 is 9.84 Å². The number of hydrogen-bond acceptors (Lipinski definition) is 8. The molecule has 1 aliphatic rings. The number of hydrogen-bond donors (Lipinski definition) is 2. The zero-order valence-corrected chi connectivity index (χ0v) is 16.5. The zero-order chi connectivity index (χ0) is 19.4. The summed E-state index contributed by atoms with van der Waals surface area (Å²) in [6.07, 6.45) is 2.96. The van der Waals surface area contributed by atoms with E-state index >= 15 is 0 Å². The minimum Gasteiger partial charge on any atom is -0.378 e. The molecule has 1 aromatic carbocycles. The lowest BCUT2D eigenvalue weighted by Gasteiger charge is -2.18. The topological polar surface area (TPSA) is 96.5 Å². The van der Waals surface area contributed by atoms with E-state index in [1.54, 1.807) is 38.6 Å². The Morgan fingerprint density at radius 2 is 2.11 bits per heavy atom. The molecule has 3 rings (SSSR count). The third-order valence-electron chi connectivity index (χ3n) is 4.65. The average molecular weight is 391 g/mol. The van der Waals surface area contributed by atoms with Crippen molar-refractivity contribution in [2.45, 2.75) is 23.6 Å². The van der Waals surface area contributed by atoms with Crippen molar-refractivity contribution in [3.05, 3.63) is 42.1 Å². The van der Waals surface area contributed by atoms with E-state index in [4.69, 9.17) is 4.74 Å². The summed E-state index contributed by atoms with van der Waals surface area (Å²) in [7, 11) is 0.278. The fourth-order valence-electron chi connectivity index (χ4n) is 3.18. The maximum Gasteiger partial charge on any atom is 0.224 e. The molecule has 8 nitrogen and oxygen atoms in total. The zero-order valence-electron chi connectivity index (χ0n) is 15.7. The first-order valence-corrected chi connectivity index (χ1v) is 10.6. The van der Waals surface area contributed by atoms with E-state index in [0.717, 1.165) is 24.5 Å². The van der Waals surface area contributed by atoms with Crippen LogP contribution in [0.4, 0.5) is 11.8 Å². The van der Waals surface area contributed by atoms with Crippen molar-refractivity contribution < 1.29 is 13.2 Å². The van der Waals surface area contributed by atoms with Gasteiger partial charge in [-0.1, -0.05) is 12.1 Å². The van der Waals surface area contributed by atoms with Gasteiger partial charge in [-0.05, 0) is 23.8 Å². The lowest BCUT2D eigenvalue weighted by Crippen LogP contribution is -2.39. The second kappa shape index (κ2) is 8.20. The van der Waals surface area contributed by atoms with E-state index in [9.17, 15) is 8.42 Å². The van der Waals surface area contributed by atoms with Gasteiger partial charge in [0.15, 0.2) is 9.84 Å². The van der Waals surface area contributed by atoms with Crippen molar-refractivity contribution in [2.24, 2.45) is 0 Å². The molecule has 2 atom stereocenters. The second-order valence-electron chi connectivity index (χ2n) is 6.57. The molecule has 2 heterocycles. The molecular formula is C18H25N5O3S. The highest BCUT2D eigenvalue weighted by Gasteiger charge is 2.33. The SMILES string of the molecule is CNc1nccc(N2C[C@H](OC)[C@H](NCc3cccc(S(C)(=O)=O)c3)C2)n1. The van der Waals surface area contributed by atoms with Crippen molar-refractivity contribution in [1.82, 2.24) is 15.3 Å². The summed E-state index contributed by atoms with van der Waals surface area (Å²) in [4.78, 5) is 11.1. The van der Waals surface area contributed by atoms with Gasteiger partial charge in [-0.3, -0.25) is 0 Å². The van der Waals surface area contributed by atoms with Gasteiger partial charge in [-0.2, -0.15) is 4.98 Å². The van der Waals surface area contributed by atoms with Gasteiger partial charge < -0.3 is 20.3 Å². The van der Waals surface area contributed by atoms with Gasteiger partial charge in [0.1, 0.15) is 5.82 Å². The lowest BCUT2D eigenvalue weighted by molar-refractivity contribution is 0.0966. The Morgan fingerprint density at radius 1 is 1.30 bits per heavy atom. The van der Waals surface area contributed by atoms with Gasteiger partial charge in [-0.15, -0.1) is 0 Å². The van der Waals surface area contributed by atoms with Crippen LogP contribution in [0.3, 0.4) is 0 Å². The van der Waals surface area contributed by atoms with Crippen molar-refractivity contribution in [2.75, 3.05) is 43.7 Å². The fourth-order valence-corrected chi connectivity index (χ4v) is 3.87. The Hall–Kier alpha value is -2.23. The minimum atomic E-state index is -3.21. The number of rotatable bonds is 7. The molecule has 0 amide bonds. The maximum absolute atomic E-state index is 11.7. The summed E-state index contributed by atoms with van der Waals surface area (Å²) in [6, 6.07) is 8.99. The van der Waals surface area contributed by atoms with Crippen LogP contribution in [0.1, 0.15) is 5.56 Å². The van der Waals surface area contributed by atoms with Crippen LogP contribution in [-0.4, -0.2) is 64.0 Å². The van der Waals surface area contributed by atoms with Gasteiger partial charge >= 0.3 is 0 Å². The standard InChI is InChI=1S/C18H25N5O3S/c1-19-18-20-8-7-17(22-18)23-11-15(16(12-23)26-2)21-10-13-5-4-6-14(9-13)27(3,24)25/h4-9,15-16,21H,10-12H2,1-3H3,(H,19,20,22)/t15-,16+/m1/s1. The van der Waals surface area contributed by atoms with E-state index in [2.05, 4.69) is 25.5 Å². The maximum atomic E-state index is 11.7. The summed E-state index contributed by atoms with van der Waals surface area (Å²) < 4.78 is 29.1. The van der Waals surface area contributed by atoms with E-state index in [1.807, 2.05) is 12.1 Å². The molecule has 27 heavy (non-hydrogen) atoms. The number of sulfone groups is 1. The van der Waals surface area contributed by atoms with Crippen molar-refractivity contribution >= 4 is 21.6 Å². The first kappa shape index (κ1) is 19.5. The number of ether oxygens (including phenoxy) is 1. The average Bonchev–Trinajstić information content (AvgIpc) is 3.09. The minimum absolute atomic E-state index is 0.0103. The largest absolute Gasteiger partial charge is 0.378 e. The molecule has 0 unspecified atom stereocenters. The Labute approximate surface area is 159 Å². The molecule has 1 saturated heterocycles. The molecule has 2 N–H and O–H groups in total. The summed E-state index contributed by atoms with van der Waals surface area (Å²) in [5.41, 5.74) is 0.922. The molecule has 2 aromatic rings.